The summed E-state index contributed by atoms with van der Waals surface area (Å²) in [6, 6.07) is 5.02. The molecule has 0 aliphatic carbocycles. The van der Waals surface area contributed by atoms with Crippen LogP contribution in [0.1, 0.15) is 13.3 Å². The largest absolute Gasteiger partial charge is 0.495 e. The fourth-order valence-electron chi connectivity index (χ4n) is 1.90. The van der Waals surface area contributed by atoms with Crippen molar-refractivity contribution in [3.63, 3.8) is 0 Å². The number of hydrogen-bond donors (Lipinski definition) is 0. The number of halogens is 1. The Morgan fingerprint density at radius 3 is 2.38 bits per heavy atom. The van der Waals surface area contributed by atoms with Crippen LogP contribution in [0.4, 0.5) is 0 Å². The minimum atomic E-state index is -3.57. The van der Waals surface area contributed by atoms with E-state index in [1.807, 2.05) is 25.9 Å². The fourth-order valence-corrected chi connectivity index (χ4v) is 4.12. The van der Waals surface area contributed by atoms with E-state index in [0.717, 1.165) is 6.42 Å². The second kappa shape index (κ2) is 8.12. The molecule has 21 heavy (non-hydrogen) atoms. The Kier molecular flexibility index (Phi) is 7.12. The molecule has 0 radical (unpaired) electrons. The molecule has 5 nitrogen and oxygen atoms in total. The molecule has 0 heterocycles. The van der Waals surface area contributed by atoms with Crippen molar-refractivity contribution >= 4 is 26.0 Å². The lowest BCUT2D eigenvalue weighted by molar-refractivity contribution is 0.331. The van der Waals surface area contributed by atoms with E-state index in [1.165, 1.54) is 11.4 Å². The standard InChI is InChI=1S/C14H23BrN2O3S/c1-5-8-17(10-9-16(2)3)21(18,19)14-11-12(15)6-7-13(14)20-4/h6-7,11H,5,8-10H2,1-4H3. The molecule has 0 bridgehead atoms. The lowest BCUT2D eigenvalue weighted by atomic mass is 10.3. The smallest absolute Gasteiger partial charge is 0.246 e. The van der Waals surface area contributed by atoms with Crippen LogP contribution in [-0.2, 0) is 10.0 Å². The van der Waals surface area contributed by atoms with Gasteiger partial charge in [0.1, 0.15) is 10.6 Å². The third-order valence-corrected chi connectivity index (χ3v) is 5.43. The van der Waals surface area contributed by atoms with Gasteiger partial charge in [-0.1, -0.05) is 22.9 Å². The number of nitrogens with zero attached hydrogens (tertiary/aromatic N) is 2. The second-order valence-corrected chi connectivity index (χ2v) is 7.82. The molecule has 0 saturated carbocycles. The molecule has 1 rings (SSSR count). The summed E-state index contributed by atoms with van der Waals surface area (Å²) in [4.78, 5) is 2.17. The maximum absolute atomic E-state index is 12.9. The molecular weight excluding hydrogens is 356 g/mol. The third kappa shape index (κ3) is 4.95. The lowest BCUT2D eigenvalue weighted by Gasteiger charge is -2.24. The van der Waals surface area contributed by atoms with Gasteiger partial charge in [0.2, 0.25) is 10.0 Å². The molecule has 0 aliphatic rings. The van der Waals surface area contributed by atoms with Gasteiger partial charge < -0.3 is 9.64 Å². The Labute approximate surface area is 136 Å². The summed E-state index contributed by atoms with van der Waals surface area (Å²) >= 11 is 3.32. The first-order valence-corrected chi connectivity index (χ1v) is 9.04. The summed E-state index contributed by atoms with van der Waals surface area (Å²) in [7, 11) is 1.76. The van der Waals surface area contributed by atoms with Crippen molar-refractivity contribution in [3.8, 4) is 5.75 Å². The number of benzene rings is 1. The highest BCUT2D eigenvalue weighted by Crippen LogP contribution is 2.29. The highest BCUT2D eigenvalue weighted by Gasteiger charge is 2.27. The molecule has 7 heteroatoms. The van der Waals surface area contributed by atoms with Crippen molar-refractivity contribution in [1.29, 1.82) is 0 Å². The molecule has 0 saturated heterocycles. The first-order chi connectivity index (χ1) is 9.82. The summed E-state index contributed by atoms with van der Waals surface area (Å²) in [6.45, 7) is 3.59. The highest BCUT2D eigenvalue weighted by atomic mass is 79.9. The van der Waals surface area contributed by atoms with Gasteiger partial charge in [0.05, 0.1) is 7.11 Å². The molecule has 0 aliphatic heterocycles. The number of ether oxygens (including phenoxy) is 1. The molecule has 0 aromatic heterocycles. The van der Waals surface area contributed by atoms with E-state index in [2.05, 4.69) is 15.9 Å². The SMILES string of the molecule is CCCN(CCN(C)C)S(=O)(=O)c1cc(Br)ccc1OC. The molecule has 0 atom stereocenters. The normalized spacial score (nSPS) is 12.1. The average Bonchev–Trinajstić information content (AvgIpc) is 2.43. The topological polar surface area (TPSA) is 49.9 Å². The Morgan fingerprint density at radius 1 is 1.19 bits per heavy atom. The zero-order valence-electron chi connectivity index (χ0n) is 13.0. The van der Waals surface area contributed by atoms with Gasteiger partial charge in [-0.25, -0.2) is 8.42 Å². The van der Waals surface area contributed by atoms with E-state index in [4.69, 9.17) is 4.74 Å². The van der Waals surface area contributed by atoms with Gasteiger partial charge >= 0.3 is 0 Å². The predicted octanol–water partition coefficient (Wildman–Crippen LogP) is 2.42. The number of likely N-dealkylation sites (N-methyl/N-ethyl adjacent to an activating group) is 1. The molecule has 1 aromatic carbocycles. The summed E-state index contributed by atoms with van der Waals surface area (Å²) in [6.07, 6.45) is 0.767. The predicted molar refractivity (Wildman–Crippen MR) is 88.3 cm³/mol. The zero-order chi connectivity index (χ0) is 16.0. The molecule has 0 unspecified atom stereocenters. The van der Waals surface area contributed by atoms with Crippen LogP contribution < -0.4 is 4.74 Å². The average molecular weight is 379 g/mol. The van der Waals surface area contributed by atoms with Gasteiger partial charge in [0.15, 0.2) is 0 Å². The van der Waals surface area contributed by atoms with Crippen LogP contribution in [0.3, 0.4) is 0 Å². The summed E-state index contributed by atoms with van der Waals surface area (Å²) < 4.78 is 33.2. The maximum Gasteiger partial charge on any atom is 0.246 e. The summed E-state index contributed by atoms with van der Waals surface area (Å²) in [5.74, 6) is 0.365. The Balaban J connectivity index is 3.18. The molecule has 120 valence electrons. The molecule has 1 aromatic rings. The van der Waals surface area contributed by atoms with Crippen molar-refractivity contribution in [3.05, 3.63) is 22.7 Å². The lowest BCUT2D eigenvalue weighted by Crippen LogP contribution is -2.37. The molecule has 0 amide bonds. The van der Waals surface area contributed by atoms with Gasteiger partial charge in [-0.05, 0) is 38.7 Å². The van der Waals surface area contributed by atoms with Gasteiger partial charge in [-0.15, -0.1) is 0 Å². The van der Waals surface area contributed by atoms with E-state index in [-0.39, 0.29) is 4.90 Å². The zero-order valence-corrected chi connectivity index (χ0v) is 15.4. The van der Waals surface area contributed by atoms with E-state index in [9.17, 15) is 8.42 Å². The molecular formula is C14H23BrN2O3S. The van der Waals surface area contributed by atoms with Crippen molar-refractivity contribution < 1.29 is 13.2 Å². The van der Waals surface area contributed by atoms with Gasteiger partial charge in [-0.2, -0.15) is 4.31 Å². The highest BCUT2D eigenvalue weighted by molar-refractivity contribution is 9.10. The van der Waals surface area contributed by atoms with E-state index in [1.54, 1.807) is 18.2 Å². The number of hydrogen-bond acceptors (Lipinski definition) is 4. The van der Waals surface area contributed by atoms with Gasteiger partial charge in [0, 0.05) is 24.1 Å². The Morgan fingerprint density at radius 2 is 1.86 bits per heavy atom. The number of methoxy groups -OCH3 is 1. The fraction of sp³-hybridized carbons (Fsp3) is 0.571. The van der Waals surface area contributed by atoms with E-state index in [0.29, 0.717) is 29.9 Å². The number of rotatable bonds is 8. The summed E-state index contributed by atoms with van der Waals surface area (Å²) in [5.41, 5.74) is 0. The van der Waals surface area contributed by atoms with Crippen LogP contribution in [-0.4, -0.2) is 58.5 Å². The quantitative estimate of drug-likeness (QED) is 0.696. The van der Waals surface area contributed by atoms with Crippen LogP contribution in [0.15, 0.2) is 27.6 Å². The van der Waals surface area contributed by atoms with Crippen molar-refractivity contribution in [1.82, 2.24) is 9.21 Å². The first kappa shape index (κ1) is 18.4. The Hall–Kier alpha value is -0.630. The first-order valence-electron chi connectivity index (χ1n) is 6.81. The van der Waals surface area contributed by atoms with Gasteiger partial charge in [-0.3, -0.25) is 0 Å². The van der Waals surface area contributed by atoms with Crippen molar-refractivity contribution in [2.45, 2.75) is 18.2 Å². The molecule has 0 fully saturated rings. The monoisotopic (exact) mass is 378 g/mol. The number of sulfonamides is 1. The van der Waals surface area contributed by atoms with Crippen LogP contribution in [0.25, 0.3) is 0 Å². The summed E-state index contributed by atoms with van der Waals surface area (Å²) in [5, 5.41) is 0. The molecule has 0 N–H and O–H groups in total. The van der Waals surface area contributed by atoms with Crippen LogP contribution in [0, 0.1) is 0 Å². The van der Waals surface area contributed by atoms with Crippen molar-refractivity contribution in [2.24, 2.45) is 0 Å². The third-order valence-electron chi connectivity index (χ3n) is 3.01. The minimum Gasteiger partial charge on any atom is -0.495 e. The maximum atomic E-state index is 12.9. The van der Waals surface area contributed by atoms with E-state index >= 15 is 0 Å². The van der Waals surface area contributed by atoms with Crippen LogP contribution >= 0.6 is 15.9 Å². The second-order valence-electron chi connectivity index (χ2n) is 5.00. The van der Waals surface area contributed by atoms with Crippen LogP contribution in [0.5, 0.6) is 5.75 Å². The van der Waals surface area contributed by atoms with Crippen LogP contribution in [0.2, 0.25) is 0 Å². The van der Waals surface area contributed by atoms with Crippen molar-refractivity contribution in [2.75, 3.05) is 40.8 Å². The van der Waals surface area contributed by atoms with Gasteiger partial charge in [0.25, 0.3) is 0 Å². The minimum absolute atomic E-state index is 0.201. The molecule has 0 spiro atoms. The van der Waals surface area contributed by atoms with E-state index < -0.39 is 10.0 Å². The Bertz CT molecular complexity index is 561.